The van der Waals surface area contributed by atoms with Crippen LogP contribution in [0.4, 0.5) is 10.1 Å². The van der Waals surface area contributed by atoms with Gasteiger partial charge in [-0.25, -0.2) is 4.39 Å². The summed E-state index contributed by atoms with van der Waals surface area (Å²) in [6.45, 7) is 1.63. The first-order valence-corrected chi connectivity index (χ1v) is 9.77. The van der Waals surface area contributed by atoms with Crippen LogP contribution in [0, 0.1) is 11.7 Å². The maximum absolute atomic E-state index is 13.2. The summed E-state index contributed by atoms with van der Waals surface area (Å²) in [5, 5.41) is 0. The molecule has 4 rings (SSSR count). The standard InChI is InChI=1S/C22H23FN2O5/c1-28-9-8-24(12-15-2-7-19-20(10-15)30-14-29-19)22(27)16-11-21(26)25(13-16)18-5-3-17(23)4-6-18/h2-7,10,16H,8-9,11-14H2,1H3. The van der Waals surface area contributed by atoms with Crippen LogP contribution in [0.1, 0.15) is 12.0 Å². The van der Waals surface area contributed by atoms with Crippen molar-refractivity contribution in [3.8, 4) is 11.5 Å². The molecule has 2 heterocycles. The molecule has 0 aliphatic carbocycles. The molecule has 1 saturated heterocycles. The molecule has 8 heteroatoms. The molecule has 1 atom stereocenters. The molecular weight excluding hydrogens is 391 g/mol. The van der Waals surface area contributed by atoms with Crippen molar-refractivity contribution in [3.05, 3.63) is 53.8 Å². The predicted octanol–water partition coefficient (Wildman–Crippen LogP) is 2.58. The molecule has 0 radical (unpaired) electrons. The lowest BCUT2D eigenvalue weighted by atomic mass is 10.1. The highest BCUT2D eigenvalue weighted by Gasteiger charge is 2.37. The number of ether oxygens (including phenoxy) is 3. The maximum atomic E-state index is 13.2. The lowest BCUT2D eigenvalue weighted by Crippen LogP contribution is -2.39. The molecule has 0 N–H and O–H groups in total. The lowest BCUT2D eigenvalue weighted by molar-refractivity contribution is -0.137. The van der Waals surface area contributed by atoms with Crippen LogP contribution in [0.3, 0.4) is 0 Å². The van der Waals surface area contributed by atoms with Gasteiger partial charge in [0.15, 0.2) is 11.5 Å². The number of carbonyl (C=O) groups is 2. The second-order valence-corrected chi connectivity index (χ2v) is 7.32. The SMILES string of the molecule is COCCN(Cc1ccc2c(c1)OCO2)C(=O)C1CC(=O)N(c2ccc(F)cc2)C1. The first-order valence-electron chi connectivity index (χ1n) is 9.77. The molecule has 0 aromatic heterocycles. The van der Waals surface area contributed by atoms with E-state index in [0.29, 0.717) is 36.9 Å². The van der Waals surface area contributed by atoms with Crippen molar-refractivity contribution in [2.45, 2.75) is 13.0 Å². The molecule has 30 heavy (non-hydrogen) atoms. The Bertz CT molecular complexity index is 934. The molecule has 2 aliphatic heterocycles. The summed E-state index contributed by atoms with van der Waals surface area (Å²) in [6, 6.07) is 11.3. The van der Waals surface area contributed by atoms with E-state index in [1.807, 2.05) is 18.2 Å². The van der Waals surface area contributed by atoms with E-state index in [1.54, 1.807) is 24.1 Å². The number of amides is 2. The van der Waals surface area contributed by atoms with E-state index in [9.17, 15) is 14.0 Å². The van der Waals surface area contributed by atoms with E-state index in [4.69, 9.17) is 14.2 Å². The van der Waals surface area contributed by atoms with Crippen molar-refractivity contribution in [2.75, 3.05) is 38.5 Å². The summed E-state index contributed by atoms with van der Waals surface area (Å²) in [5.74, 6) is 0.258. The third-order valence-corrected chi connectivity index (χ3v) is 5.30. The van der Waals surface area contributed by atoms with Crippen molar-refractivity contribution in [3.63, 3.8) is 0 Å². The van der Waals surface area contributed by atoms with Crippen LogP contribution >= 0.6 is 0 Å². The van der Waals surface area contributed by atoms with Gasteiger partial charge in [0.05, 0.1) is 12.5 Å². The normalized spacial score (nSPS) is 17.5. The van der Waals surface area contributed by atoms with Crippen LogP contribution < -0.4 is 14.4 Å². The quantitative estimate of drug-likeness (QED) is 0.697. The number of nitrogens with zero attached hydrogens (tertiary/aromatic N) is 2. The predicted molar refractivity (Wildman–Crippen MR) is 107 cm³/mol. The number of anilines is 1. The smallest absolute Gasteiger partial charge is 0.231 e. The van der Waals surface area contributed by atoms with Gasteiger partial charge in [0.2, 0.25) is 18.6 Å². The first-order chi connectivity index (χ1) is 14.5. The second kappa shape index (κ2) is 8.71. The Morgan fingerprint density at radius 2 is 1.97 bits per heavy atom. The fraction of sp³-hybridized carbons (Fsp3) is 0.364. The van der Waals surface area contributed by atoms with Crippen LogP contribution in [0.2, 0.25) is 0 Å². The minimum atomic E-state index is -0.464. The molecule has 1 unspecified atom stereocenters. The Kier molecular flexibility index (Phi) is 5.85. The van der Waals surface area contributed by atoms with Gasteiger partial charge in [-0.2, -0.15) is 0 Å². The number of fused-ring (bicyclic) bond motifs is 1. The maximum Gasteiger partial charge on any atom is 0.231 e. The molecule has 1 fully saturated rings. The zero-order valence-corrected chi connectivity index (χ0v) is 16.7. The molecule has 7 nitrogen and oxygen atoms in total. The van der Waals surface area contributed by atoms with Crippen LogP contribution in [-0.2, 0) is 20.9 Å². The van der Waals surface area contributed by atoms with E-state index in [1.165, 1.54) is 17.0 Å². The van der Waals surface area contributed by atoms with E-state index >= 15 is 0 Å². The first kappa shape index (κ1) is 20.2. The molecule has 0 saturated carbocycles. The van der Waals surface area contributed by atoms with Gasteiger partial charge in [-0.3, -0.25) is 9.59 Å². The van der Waals surface area contributed by atoms with Crippen molar-refractivity contribution in [1.82, 2.24) is 4.90 Å². The molecule has 2 aromatic rings. The van der Waals surface area contributed by atoms with Crippen LogP contribution in [0.5, 0.6) is 11.5 Å². The van der Waals surface area contributed by atoms with Gasteiger partial charge in [0, 0.05) is 38.9 Å². The average Bonchev–Trinajstić information content (AvgIpc) is 3.37. The highest BCUT2D eigenvalue weighted by Crippen LogP contribution is 2.33. The zero-order chi connectivity index (χ0) is 21.1. The van der Waals surface area contributed by atoms with E-state index in [-0.39, 0.29) is 37.4 Å². The third-order valence-electron chi connectivity index (χ3n) is 5.30. The topological polar surface area (TPSA) is 68.3 Å². The molecular formula is C22H23FN2O5. The summed E-state index contributed by atoms with van der Waals surface area (Å²) >= 11 is 0. The number of benzene rings is 2. The summed E-state index contributed by atoms with van der Waals surface area (Å²) in [7, 11) is 1.58. The highest BCUT2D eigenvalue weighted by molar-refractivity contribution is 6.00. The van der Waals surface area contributed by atoms with Gasteiger partial charge >= 0.3 is 0 Å². The minimum absolute atomic E-state index is 0.109. The highest BCUT2D eigenvalue weighted by atomic mass is 19.1. The van der Waals surface area contributed by atoms with E-state index in [0.717, 1.165) is 5.56 Å². The lowest BCUT2D eigenvalue weighted by Gasteiger charge is -2.25. The van der Waals surface area contributed by atoms with Gasteiger partial charge in [-0.1, -0.05) is 6.07 Å². The summed E-state index contributed by atoms with van der Waals surface area (Å²) in [5.41, 5.74) is 1.50. The molecule has 0 spiro atoms. The van der Waals surface area contributed by atoms with Gasteiger partial charge in [-0.15, -0.1) is 0 Å². The fourth-order valence-electron chi connectivity index (χ4n) is 3.73. The van der Waals surface area contributed by atoms with Gasteiger partial charge in [0.25, 0.3) is 0 Å². The Balaban J connectivity index is 1.47. The zero-order valence-electron chi connectivity index (χ0n) is 16.7. The average molecular weight is 414 g/mol. The molecule has 158 valence electrons. The monoisotopic (exact) mass is 414 g/mol. The fourth-order valence-corrected chi connectivity index (χ4v) is 3.73. The summed E-state index contributed by atoms with van der Waals surface area (Å²) < 4.78 is 29.1. The second-order valence-electron chi connectivity index (χ2n) is 7.32. The van der Waals surface area contributed by atoms with Crippen molar-refractivity contribution in [1.29, 1.82) is 0 Å². The van der Waals surface area contributed by atoms with E-state index < -0.39 is 5.92 Å². The van der Waals surface area contributed by atoms with Crippen molar-refractivity contribution in [2.24, 2.45) is 5.92 Å². The minimum Gasteiger partial charge on any atom is -0.454 e. The molecule has 0 bridgehead atoms. The van der Waals surface area contributed by atoms with Gasteiger partial charge in [-0.05, 0) is 42.0 Å². The summed E-state index contributed by atoms with van der Waals surface area (Å²) in [6.07, 6.45) is 0.126. The number of carbonyl (C=O) groups excluding carboxylic acids is 2. The number of halogens is 1. The number of hydrogen-bond donors (Lipinski definition) is 0. The van der Waals surface area contributed by atoms with Crippen molar-refractivity contribution >= 4 is 17.5 Å². The van der Waals surface area contributed by atoms with Gasteiger partial charge in [0.1, 0.15) is 5.82 Å². The Morgan fingerprint density at radius 1 is 1.20 bits per heavy atom. The van der Waals surface area contributed by atoms with Crippen LogP contribution in [-0.4, -0.2) is 50.3 Å². The molecule has 2 amide bonds. The number of rotatable bonds is 7. The van der Waals surface area contributed by atoms with Crippen molar-refractivity contribution < 1.29 is 28.2 Å². The largest absolute Gasteiger partial charge is 0.454 e. The molecule has 2 aliphatic rings. The van der Waals surface area contributed by atoms with Crippen LogP contribution in [0.15, 0.2) is 42.5 Å². The molecule has 2 aromatic carbocycles. The number of hydrogen-bond acceptors (Lipinski definition) is 5. The Hall–Kier alpha value is -3.13. The Morgan fingerprint density at radius 3 is 2.73 bits per heavy atom. The summed E-state index contributed by atoms with van der Waals surface area (Å²) in [4.78, 5) is 29.0. The Labute approximate surface area is 173 Å². The third kappa shape index (κ3) is 4.23. The van der Waals surface area contributed by atoms with Crippen LogP contribution in [0.25, 0.3) is 0 Å². The number of methoxy groups -OCH3 is 1. The van der Waals surface area contributed by atoms with E-state index in [2.05, 4.69) is 0 Å². The van der Waals surface area contributed by atoms with Gasteiger partial charge < -0.3 is 24.0 Å².